The van der Waals surface area contributed by atoms with Crippen LogP contribution in [0.5, 0.6) is 11.5 Å². The molecule has 0 spiro atoms. The van der Waals surface area contributed by atoms with Crippen LogP contribution in [-0.2, 0) is 12.5 Å². The number of hydrogen-bond donors (Lipinski definition) is 0. The van der Waals surface area contributed by atoms with Gasteiger partial charge in [-0.05, 0) is 30.3 Å². The van der Waals surface area contributed by atoms with Crippen LogP contribution in [0.1, 0.15) is 11.1 Å². The van der Waals surface area contributed by atoms with Crippen LogP contribution in [0.2, 0.25) is 5.02 Å². The van der Waals surface area contributed by atoms with Gasteiger partial charge in [0.1, 0.15) is 23.9 Å². The Labute approximate surface area is 127 Å². The van der Waals surface area contributed by atoms with E-state index in [4.69, 9.17) is 32.7 Å². The Bertz CT molecular complexity index is 602. The fourth-order valence-corrected chi connectivity index (χ4v) is 2.12. The number of halogens is 3. The summed E-state index contributed by atoms with van der Waals surface area (Å²) in [6.45, 7) is 0.112. The van der Waals surface area contributed by atoms with Gasteiger partial charge >= 0.3 is 0 Å². The molecule has 5 heteroatoms. The van der Waals surface area contributed by atoms with E-state index in [1.807, 2.05) is 0 Å². The van der Waals surface area contributed by atoms with Crippen molar-refractivity contribution in [3.63, 3.8) is 0 Å². The highest BCUT2D eigenvalue weighted by Gasteiger charge is 2.08. The second-order valence-electron chi connectivity index (χ2n) is 4.13. The summed E-state index contributed by atoms with van der Waals surface area (Å²) in [4.78, 5) is 0. The minimum absolute atomic E-state index is 0.112. The lowest BCUT2D eigenvalue weighted by Gasteiger charge is -2.11. The Morgan fingerprint density at radius 3 is 2.55 bits per heavy atom. The van der Waals surface area contributed by atoms with Crippen LogP contribution in [-0.4, -0.2) is 7.11 Å². The van der Waals surface area contributed by atoms with E-state index in [2.05, 4.69) is 0 Å². The largest absolute Gasteiger partial charge is 0.497 e. The second kappa shape index (κ2) is 6.82. The van der Waals surface area contributed by atoms with Crippen molar-refractivity contribution in [1.29, 1.82) is 0 Å². The van der Waals surface area contributed by atoms with Crippen LogP contribution in [0.3, 0.4) is 0 Å². The Hall–Kier alpha value is -1.45. The third kappa shape index (κ3) is 3.56. The molecule has 0 aliphatic rings. The molecule has 0 saturated heterocycles. The molecule has 0 aliphatic carbocycles. The van der Waals surface area contributed by atoms with Gasteiger partial charge in [-0.3, -0.25) is 0 Å². The van der Waals surface area contributed by atoms with Crippen molar-refractivity contribution in [3.05, 3.63) is 58.4 Å². The summed E-state index contributed by atoms with van der Waals surface area (Å²) >= 11 is 11.7. The molecule has 20 heavy (non-hydrogen) atoms. The number of ether oxygens (including phenoxy) is 2. The van der Waals surface area contributed by atoms with Crippen molar-refractivity contribution in [2.75, 3.05) is 7.11 Å². The first kappa shape index (κ1) is 14.9. The van der Waals surface area contributed by atoms with E-state index >= 15 is 0 Å². The molecule has 2 aromatic carbocycles. The maximum atomic E-state index is 13.8. The lowest BCUT2D eigenvalue weighted by atomic mass is 10.2. The highest BCUT2D eigenvalue weighted by Crippen LogP contribution is 2.26. The Morgan fingerprint density at radius 2 is 1.90 bits per heavy atom. The molecular weight excluding hydrogens is 302 g/mol. The smallest absolute Gasteiger partial charge is 0.133 e. The van der Waals surface area contributed by atoms with Crippen LogP contribution in [0.15, 0.2) is 36.4 Å². The molecule has 0 N–H and O–H groups in total. The van der Waals surface area contributed by atoms with Gasteiger partial charge in [-0.25, -0.2) is 4.39 Å². The maximum Gasteiger partial charge on any atom is 0.133 e. The second-order valence-corrected chi connectivity index (χ2v) is 4.84. The summed E-state index contributed by atoms with van der Waals surface area (Å²) in [6.07, 6.45) is 0. The Balaban J connectivity index is 2.12. The summed E-state index contributed by atoms with van der Waals surface area (Å²) in [5.41, 5.74) is 1.22. The third-order valence-electron chi connectivity index (χ3n) is 2.81. The molecule has 0 aromatic heterocycles. The van der Waals surface area contributed by atoms with Gasteiger partial charge in [0.25, 0.3) is 0 Å². The first-order valence-electron chi connectivity index (χ1n) is 5.93. The summed E-state index contributed by atoms with van der Waals surface area (Å²) < 4.78 is 24.3. The molecule has 106 valence electrons. The maximum absolute atomic E-state index is 13.8. The summed E-state index contributed by atoms with van der Waals surface area (Å²) in [5, 5.41) is 0.587. The molecule has 0 heterocycles. The monoisotopic (exact) mass is 314 g/mol. The fourth-order valence-electron chi connectivity index (χ4n) is 1.72. The molecule has 2 aromatic rings. The Morgan fingerprint density at radius 1 is 1.10 bits per heavy atom. The predicted molar refractivity (Wildman–Crippen MR) is 78.3 cm³/mol. The fraction of sp³-hybridized carbons (Fsp3) is 0.200. The molecule has 2 nitrogen and oxygen atoms in total. The van der Waals surface area contributed by atoms with Gasteiger partial charge in [-0.1, -0.05) is 11.6 Å². The van der Waals surface area contributed by atoms with Gasteiger partial charge in [0, 0.05) is 22.2 Å². The van der Waals surface area contributed by atoms with Gasteiger partial charge in [0.2, 0.25) is 0 Å². The van der Waals surface area contributed by atoms with Crippen molar-refractivity contribution >= 4 is 23.2 Å². The Kier molecular flexibility index (Phi) is 5.10. The number of alkyl halides is 1. The quantitative estimate of drug-likeness (QED) is 0.738. The van der Waals surface area contributed by atoms with Crippen molar-refractivity contribution in [3.8, 4) is 11.5 Å². The first-order chi connectivity index (χ1) is 9.63. The van der Waals surface area contributed by atoms with Crippen molar-refractivity contribution in [2.24, 2.45) is 0 Å². The first-order valence-corrected chi connectivity index (χ1v) is 6.85. The van der Waals surface area contributed by atoms with Gasteiger partial charge in [0.05, 0.1) is 13.0 Å². The molecule has 2 rings (SSSR count). The highest BCUT2D eigenvalue weighted by molar-refractivity contribution is 6.30. The standard InChI is InChI=1S/C15H13Cl2FO2/c1-19-13-4-2-10(14(18)7-13)9-20-15-5-3-12(17)6-11(15)8-16/h2-7H,8-9H2,1H3. The van der Waals surface area contributed by atoms with Crippen molar-refractivity contribution in [1.82, 2.24) is 0 Å². The topological polar surface area (TPSA) is 18.5 Å². The summed E-state index contributed by atoms with van der Waals surface area (Å²) in [7, 11) is 1.49. The van der Waals surface area contributed by atoms with Crippen LogP contribution in [0, 0.1) is 5.82 Å². The normalized spacial score (nSPS) is 10.4. The van der Waals surface area contributed by atoms with E-state index < -0.39 is 0 Å². The summed E-state index contributed by atoms with van der Waals surface area (Å²) in [5.74, 6) is 0.977. The lowest BCUT2D eigenvalue weighted by Crippen LogP contribution is -2.00. The minimum Gasteiger partial charge on any atom is -0.497 e. The van der Waals surface area contributed by atoms with E-state index in [1.165, 1.54) is 13.2 Å². The third-order valence-corrected chi connectivity index (χ3v) is 3.33. The average molecular weight is 315 g/mol. The lowest BCUT2D eigenvalue weighted by molar-refractivity contribution is 0.297. The molecular formula is C15H13Cl2FO2. The molecule has 0 unspecified atom stereocenters. The number of benzene rings is 2. The van der Waals surface area contributed by atoms with Crippen LogP contribution >= 0.6 is 23.2 Å². The van der Waals surface area contributed by atoms with Gasteiger partial charge in [0.15, 0.2) is 0 Å². The van der Waals surface area contributed by atoms with Crippen LogP contribution in [0.4, 0.5) is 4.39 Å². The zero-order chi connectivity index (χ0) is 14.5. The van der Waals surface area contributed by atoms with E-state index in [0.29, 0.717) is 22.1 Å². The SMILES string of the molecule is COc1ccc(COc2ccc(Cl)cc2CCl)c(F)c1. The van der Waals surface area contributed by atoms with E-state index in [1.54, 1.807) is 30.3 Å². The molecule has 0 aliphatic heterocycles. The van der Waals surface area contributed by atoms with E-state index in [9.17, 15) is 4.39 Å². The minimum atomic E-state index is -0.370. The van der Waals surface area contributed by atoms with E-state index in [0.717, 1.165) is 5.56 Å². The van der Waals surface area contributed by atoms with Crippen molar-refractivity contribution < 1.29 is 13.9 Å². The van der Waals surface area contributed by atoms with E-state index in [-0.39, 0.29) is 18.3 Å². The number of rotatable bonds is 5. The van der Waals surface area contributed by atoms with Gasteiger partial charge in [-0.15, -0.1) is 11.6 Å². The number of methoxy groups -OCH3 is 1. The summed E-state index contributed by atoms with van der Waals surface area (Å²) in [6, 6.07) is 9.80. The number of hydrogen-bond acceptors (Lipinski definition) is 2. The average Bonchev–Trinajstić information content (AvgIpc) is 2.46. The molecule has 0 bridgehead atoms. The predicted octanol–water partition coefficient (Wildman–Crippen LogP) is 4.81. The molecule has 0 fully saturated rings. The highest BCUT2D eigenvalue weighted by atomic mass is 35.5. The van der Waals surface area contributed by atoms with Gasteiger partial charge in [-0.2, -0.15) is 0 Å². The zero-order valence-electron chi connectivity index (χ0n) is 10.8. The molecule has 0 amide bonds. The molecule has 0 radical (unpaired) electrons. The van der Waals surface area contributed by atoms with Crippen molar-refractivity contribution in [2.45, 2.75) is 12.5 Å². The van der Waals surface area contributed by atoms with Gasteiger partial charge < -0.3 is 9.47 Å². The molecule has 0 atom stereocenters. The molecule has 0 saturated carbocycles. The zero-order valence-corrected chi connectivity index (χ0v) is 12.3. The van der Waals surface area contributed by atoms with Crippen LogP contribution in [0.25, 0.3) is 0 Å². The van der Waals surface area contributed by atoms with Crippen LogP contribution < -0.4 is 9.47 Å².